The van der Waals surface area contributed by atoms with Gasteiger partial charge < -0.3 is 5.73 Å². The first kappa shape index (κ1) is 10.0. The molecule has 72 valence electrons. The van der Waals surface area contributed by atoms with Gasteiger partial charge in [-0.1, -0.05) is 19.8 Å². The Balaban J connectivity index is 2.36. The lowest BCUT2D eigenvalue weighted by molar-refractivity contribution is 0.102. The van der Waals surface area contributed by atoms with E-state index in [1.807, 2.05) is 0 Å². The minimum Gasteiger partial charge on any atom is -0.316 e. The van der Waals surface area contributed by atoms with Crippen LogP contribution in [0.15, 0.2) is 0 Å². The summed E-state index contributed by atoms with van der Waals surface area (Å²) in [7, 11) is 0. The van der Waals surface area contributed by atoms with Crippen LogP contribution in [0.25, 0.3) is 0 Å². The molecule has 2 unspecified atom stereocenters. The van der Waals surface area contributed by atoms with Gasteiger partial charge in [0.05, 0.1) is 6.17 Å². The monoisotopic (exact) mass is 170 g/mol. The molecule has 0 saturated carbocycles. The van der Waals surface area contributed by atoms with Gasteiger partial charge in [-0.3, -0.25) is 4.90 Å². The summed E-state index contributed by atoms with van der Waals surface area (Å²) in [5.74, 6) is 0. The van der Waals surface area contributed by atoms with Crippen molar-refractivity contribution in [3.63, 3.8) is 0 Å². The molecule has 0 aromatic heterocycles. The van der Waals surface area contributed by atoms with Gasteiger partial charge in [0.1, 0.15) is 0 Å². The zero-order valence-corrected chi connectivity index (χ0v) is 8.42. The van der Waals surface area contributed by atoms with Crippen molar-refractivity contribution in [1.29, 1.82) is 0 Å². The molecule has 2 atom stereocenters. The molecule has 0 bridgehead atoms. The van der Waals surface area contributed by atoms with E-state index in [-0.39, 0.29) is 0 Å². The maximum absolute atomic E-state index is 6.08. The van der Waals surface area contributed by atoms with Crippen LogP contribution in [-0.4, -0.2) is 23.7 Å². The number of hydrogen-bond donors (Lipinski definition) is 1. The van der Waals surface area contributed by atoms with Crippen LogP contribution >= 0.6 is 0 Å². The second-order valence-electron chi connectivity index (χ2n) is 3.94. The second-order valence-corrected chi connectivity index (χ2v) is 3.94. The van der Waals surface area contributed by atoms with Crippen molar-refractivity contribution in [2.24, 2.45) is 5.73 Å². The molecule has 1 aliphatic heterocycles. The zero-order chi connectivity index (χ0) is 8.97. The average molecular weight is 170 g/mol. The molecule has 1 saturated heterocycles. The maximum atomic E-state index is 6.08. The van der Waals surface area contributed by atoms with Gasteiger partial charge in [0.15, 0.2) is 0 Å². The standard InChI is InChI=1S/C10H22N2/c1-3-6-10(11)12-8-5-4-7-9(12)2/h9-10H,3-8,11H2,1-2H3. The first-order valence-electron chi connectivity index (χ1n) is 5.27. The Kier molecular flexibility index (Phi) is 4.02. The number of hydrogen-bond acceptors (Lipinski definition) is 2. The van der Waals surface area contributed by atoms with Crippen molar-refractivity contribution >= 4 is 0 Å². The largest absolute Gasteiger partial charge is 0.316 e. The van der Waals surface area contributed by atoms with E-state index >= 15 is 0 Å². The second kappa shape index (κ2) is 4.83. The normalized spacial score (nSPS) is 28.8. The molecule has 1 fully saturated rings. The summed E-state index contributed by atoms with van der Waals surface area (Å²) in [5.41, 5.74) is 6.08. The van der Waals surface area contributed by atoms with E-state index in [0.717, 1.165) is 6.42 Å². The van der Waals surface area contributed by atoms with E-state index in [1.54, 1.807) is 0 Å². The highest BCUT2D eigenvalue weighted by atomic mass is 15.2. The SMILES string of the molecule is CCCC(N)N1CCCCC1C. The third kappa shape index (κ3) is 2.46. The molecule has 2 heteroatoms. The number of piperidine rings is 1. The molecule has 1 heterocycles. The molecule has 0 spiro atoms. The first-order chi connectivity index (χ1) is 5.75. The van der Waals surface area contributed by atoms with Crippen molar-refractivity contribution in [3.05, 3.63) is 0 Å². The number of rotatable bonds is 3. The topological polar surface area (TPSA) is 29.3 Å². The van der Waals surface area contributed by atoms with Gasteiger partial charge >= 0.3 is 0 Å². The molecular formula is C10H22N2. The Morgan fingerprint density at radius 2 is 2.25 bits per heavy atom. The summed E-state index contributed by atoms with van der Waals surface area (Å²) >= 11 is 0. The fourth-order valence-corrected chi connectivity index (χ4v) is 2.07. The van der Waals surface area contributed by atoms with Crippen LogP contribution in [0.4, 0.5) is 0 Å². The van der Waals surface area contributed by atoms with Gasteiger partial charge in [-0.25, -0.2) is 0 Å². The first-order valence-corrected chi connectivity index (χ1v) is 5.27. The summed E-state index contributed by atoms with van der Waals surface area (Å²) in [6.45, 7) is 5.71. The molecule has 2 nitrogen and oxygen atoms in total. The Bertz CT molecular complexity index is 125. The third-order valence-electron chi connectivity index (χ3n) is 2.86. The minimum absolute atomic E-state index is 0.310. The quantitative estimate of drug-likeness (QED) is 0.701. The van der Waals surface area contributed by atoms with Crippen LogP contribution < -0.4 is 5.73 Å². The number of nitrogens with zero attached hydrogens (tertiary/aromatic N) is 1. The van der Waals surface area contributed by atoms with E-state index in [1.165, 1.54) is 32.2 Å². The van der Waals surface area contributed by atoms with Crippen LogP contribution in [0.5, 0.6) is 0 Å². The molecule has 12 heavy (non-hydrogen) atoms. The van der Waals surface area contributed by atoms with E-state index in [0.29, 0.717) is 12.2 Å². The number of likely N-dealkylation sites (tertiary alicyclic amines) is 1. The van der Waals surface area contributed by atoms with E-state index in [2.05, 4.69) is 18.7 Å². The van der Waals surface area contributed by atoms with Crippen molar-refractivity contribution in [3.8, 4) is 0 Å². The molecule has 2 N–H and O–H groups in total. The van der Waals surface area contributed by atoms with Gasteiger partial charge in [0.25, 0.3) is 0 Å². The molecule has 0 aromatic carbocycles. The van der Waals surface area contributed by atoms with Crippen LogP contribution in [0.3, 0.4) is 0 Å². The number of nitrogens with two attached hydrogens (primary N) is 1. The highest BCUT2D eigenvalue weighted by Gasteiger charge is 2.22. The van der Waals surface area contributed by atoms with E-state index in [9.17, 15) is 0 Å². The zero-order valence-electron chi connectivity index (χ0n) is 8.42. The Morgan fingerprint density at radius 3 is 2.83 bits per heavy atom. The summed E-state index contributed by atoms with van der Waals surface area (Å²) in [5, 5.41) is 0. The summed E-state index contributed by atoms with van der Waals surface area (Å²) in [6, 6.07) is 0.709. The molecule has 0 radical (unpaired) electrons. The van der Waals surface area contributed by atoms with Crippen LogP contribution in [0, 0.1) is 0 Å². The minimum atomic E-state index is 0.310. The predicted octanol–water partition coefficient (Wildman–Crippen LogP) is 1.95. The van der Waals surface area contributed by atoms with E-state index in [4.69, 9.17) is 5.73 Å². The smallest absolute Gasteiger partial charge is 0.0574 e. The molecule has 0 aliphatic carbocycles. The lowest BCUT2D eigenvalue weighted by Gasteiger charge is -2.37. The summed E-state index contributed by atoms with van der Waals surface area (Å²) in [4.78, 5) is 2.47. The van der Waals surface area contributed by atoms with Gasteiger partial charge in [0, 0.05) is 6.04 Å². The molecule has 1 aliphatic rings. The average Bonchev–Trinajstić information content (AvgIpc) is 2.05. The Hall–Kier alpha value is -0.0800. The molecule has 1 rings (SSSR count). The van der Waals surface area contributed by atoms with Gasteiger partial charge in [-0.05, 0) is 32.7 Å². The fourth-order valence-electron chi connectivity index (χ4n) is 2.07. The highest BCUT2D eigenvalue weighted by Crippen LogP contribution is 2.18. The molecule has 0 aromatic rings. The van der Waals surface area contributed by atoms with Gasteiger partial charge in [-0.2, -0.15) is 0 Å². The van der Waals surface area contributed by atoms with E-state index < -0.39 is 0 Å². The Morgan fingerprint density at radius 1 is 1.50 bits per heavy atom. The lowest BCUT2D eigenvalue weighted by atomic mass is 10.0. The molecular weight excluding hydrogens is 148 g/mol. The predicted molar refractivity (Wildman–Crippen MR) is 52.9 cm³/mol. The van der Waals surface area contributed by atoms with Crippen molar-refractivity contribution in [2.45, 2.75) is 58.2 Å². The van der Waals surface area contributed by atoms with Crippen molar-refractivity contribution < 1.29 is 0 Å². The van der Waals surface area contributed by atoms with Crippen LogP contribution in [0.1, 0.15) is 46.0 Å². The van der Waals surface area contributed by atoms with Crippen molar-refractivity contribution in [2.75, 3.05) is 6.54 Å². The van der Waals surface area contributed by atoms with Crippen LogP contribution in [0.2, 0.25) is 0 Å². The fraction of sp³-hybridized carbons (Fsp3) is 1.00. The maximum Gasteiger partial charge on any atom is 0.0574 e. The van der Waals surface area contributed by atoms with Gasteiger partial charge in [-0.15, -0.1) is 0 Å². The Labute approximate surface area is 76.1 Å². The van der Waals surface area contributed by atoms with Crippen LogP contribution in [-0.2, 0) is 0 Å². The van der Waals surface area contributed by atoms with Crippen molar-refractivity contribution in [1.82, 2.24) is 4.90 Å². The van der Waals surface area contributed by atoms with Gasteiger partial charge in [0.2, 0.25) is 0 Å². The lowest BCUT2D eigenvalue weighted by Crippen LogP contribution is -2.49. The molecule has 0 amide bonds. The third-order valence-corrected chi connectivity index (χ3v) is 2.86. The summed E-state index contributed by atoms with van der Waals surface area (Å²) < 4.78 is 0. The summed E-state index contributed by atoms with van der Waals surface area (Å²) in [6.07, 6.45) is 6.70. The highest BCUT2D eigenvalue weighted by molar-refractivity contribution is 4.76.